The van der Waals surface area contributed by atoms with Crippen LogP contribution >= 0.6 is 0 Å². The molecule has 1 saturated carbocycles. The molecule has 0 radical (unpaired) electrons. The van der Waals surface area contributed by atoms with Crippen LogP contribution in [0, 0.1) is 12.8 Å². The predicted molar refractivity (Wildman–Crippen MR) is 91.9 cm³/mol. The van der Waals surface area contributed by atoms with Crippen molar-refractivity contribution in [3.63, 3.8) is 0 Å². The molecule has 122 valence electrons. The van der Waals surface area contributed by atoms with E-state index in [0.29, 0.717) is 18.4 Å². The van der Waals surface area contributed by atoms with Gasteiger partial charge < -0.3 is 10.2 Å². The minimum Gasteiger partial charge on any atom is -0.353 e. The highest BCUT2D eigenvalue weighted by Gasteiger charge is 2.26. The van der Waals surface area contributed by atoms with E-state index in [9.17, 15) is 4.79 Å². The second kappa shape index (κ2) is 8.33. The van der Waals surface area contributed by atoms with Gasteiger partial charge in [-0.1, -0.05) is 42.7 Å². The Hall–Kier alpha value is -1.35. The second-order valence-corrected chi connectivity index (χ2v) is 6.97. The van der Waals surface area contributed by atoms with Crippen LogP contribution in [-0.2, 0) is 11.2 Å². The maximum atomic E-state index is 12.3. The van der Waals surface area contributed by atoms with Gasteiger partial charge in [-0.05, 0) is 51.8 Å². The lowest BCUT2D eigenvalue weighted by Crippen LogP contribution is -2.45. The number of amides is 1. The molecule has 0 aromatic heterocycles. The number of rotatable bonds is 6. The third-order valence-corrected chi connectivity index (χ3v) is 4.62. The summed E-state index contributed by atoms with van der Waals surface area (Å²) in [5.41, 5.74) is 2.51. The molecule has 2 rings (SSSR count). The van der Waals surface area contributed by atoms with Crippen LogP contribution < -0.4 is 5.32 Å². The van der Waals surface area contributed by atoms with Gasteiger partial charge >= 0.3 is 0 Å². The number of carbonyl (C=O) groups is 1. The summed E-state index contributed by atoms with van der Waals surface area (Å²) in [6.45, 7) is 3.16. The van der Waals surface area contributed by atoms with Crippen LogP contribution in [-0.4, -0.2) is 37.5 Å². The van der Waals surface area contributed by atoms with E-state index in [-0.39, 0.29) is 5.91 Å². The van der Waals surface area contributed by atoms with Gasteiger partial charge in [0.15, 0.2) is 0 Å². The van der Waals surface area contributed by atoms with Crippen LogP contribution in [0.2, 0.25) is 0 Å². The Morgan fingerprint density at radius 1 is 1.18 bits per heavy atom. The smallest absolute Gasteiger partial charge is 0.220 e. The lowest BCUT2D eigenvalue weighted by Gasteiger charge is -2.34. The first-order chi connectivity index (χ1) is 10.5. The summed E-state index contributed by atoms with van der Waals surface area (Å²) in [6, 6.07) is 8.83. The van der Waals surface area contributed by atoms with E-state index in [1.807, 2.05) is 0 Å². The first kappa shape index (κ1) is 17.0. The van der Waals surface area contributed by atoms with Crippen LogP contribution in [0.15, 0.2) is 24.3 Å². The van der Waals surface area contributed by atoms with Crippen LogP contribution in [0.3, 0.4) is 0 Å². The van der Waals surface area contributed by atoms with Gasteiger partial charge in [-0.2, -0.15) is 0 Å². The summed E-state index contributed by atoms with van der Waals surface area (Å²) >= 11 is 0. The molecule has 0 spiro atoms. The maximum absolute atomic E-state index is 12.3. The Bertz CT molecular complexity index is 467. The standard InChI is InChI=1S/C19H30N2O/c1-15-8-10-16(11-9-15)12-13-19(22)20-18-7-5-4-6-17(18)14-21(2)3/h8-11,17-18H,4-7,12-14H2,1-3H3,(H,20,22). The van der Waals surface area contributed by atoms with Crippen molar-refractivity contribution in [2.75, 3.05) is 20.6 Å². The van der Waals surface area contributed by atoms with E-state index in [1.165, 1.54) is 30.4 Å². The van der Waals surface area contributed by atoms with Crippen molar-refractivity contribution < 1.29 is 4.79 Å². The number of nitrogens with one attached hydrogen (secondary N) is 1. The van der Waals surface area contributed by atoms with Crippen molar-refractivity contribution in [1.82, 2.24) is 10.2 Å². The number of hydrogen-bond acceptors (Lipinski definition) is 2. The summed E-state index contributed by atoms with van der Waals surface area (Å²) in [5, 5.41) is 3.29. The number of carbonyl (C=O) groups excluding carboxylic acids is 1. The van der Waals surface area contributed by atoms with Crippen LogP contribution in [0.1, 0.15) is 43.2 Å². The summed E-state index contributed by atoms with van der Waals surface area (Å²) in [5.74, 6) is 0.809. The fourth-order valence-electron chi connectivity index (χ4n) is 3.38. The third kappa shape index (κ3) is 5.45. The molecule has 3 heteroatoms. The molecule has 0 aliphatic heterocycles. The lowest BCUT2D eigenvalue weighted by molar-refractivity contribution is -0.122. The first-order valence-electron chi connectivity index (χ1n) is 8.54. The minimum absolute atomic E-state index is 0.205. The third-order valence-electron chi connectivity index (χ3n) is 4.62. The van der Waals surface area contributed by atoms with E-state index >= 15 is 0 Å². The molecule has 0 heterocycles. The van der Waals surface area contributed by atoms with E-state index < -0.39 is 0 Å². The molecular weight excluding hydrogens is 272 g/mol. The molecule has 0 bridgehead atoms. The first-order valence-corrected chi connectivity index (χ1v) is 8.54. The van der Waals surface area contributed by atoms with Crippen molar-refractivity contribution >= 4 is 5.91 Å². The van der Waals surface area contributed by atoms with Gasteiger partial charge in [0.2, 0.25) is 5.91 Å². The largest absolute Gasteiger partial charge is 0.353 e. The zero-order chi connectivity index (χ0) is 15.9. The number of aryl methyl sites for hydroxylation is 2. The minimum atomic E-state index is 0.205. The molecule has 1 aliphatic carbocycles. The topological polar surface area (TPSA) is 32.3 Å². The van der Waals surface area contributed by atoms with Crippen molar-refractivity contribution in [3.05, 3.63) is 35.4 Å². The SMILES string of the molecule is Cc1ccc(CCC(=O)NC2CCCCC2CN(C)C)cc1. The van der Waals surface area contributed by atoms with Gasteiger partial charge in [0, 0.05) is 19.0 Å². The molecule has 22 heavy (non-hydrogen) atoms. The van der Waals surface area contributed by atoms with Gasteiger partial charge in [-0.25, -0.2) is 0 Å². The molecule has 1 amide bonds. The van der Waals surface area contributed by atoms with Crippen molar-refractivity contribution in [1.29, 1.82) is 0 Å². The van der Waals surface area contributed by atoms with E-state index in [0.717, 1.165) is 19.4 Å². The average Bonchev–Trinajstić information content (AvgIpc) is 2.48. The quantitative estimate of drug-likeness (QED) is 0.875. The molecule has 3 nitrogen and oxygen atoms in total. The Morgan fingerprint density at radius 3 is 2.55 bits per heavy atom. The Morgan fingerprint density at radius 2 is 1.86 bits per heavy atom. The van der Waals surface area contributed by atoms with Crippen molar-refractivity contribution in [2.24, 2.45) is 5.92 Å². The fraction of sp³-hybridized carbons (Fsp3) is 0.632. The summed E-state index contributed by atoms with van der Waals surface area (Å²) in [6.07, 6.45) is 6.34. The zero-order valence-corrected chi connectivity index (χ0v) is 14.3. The van der Waals surface area contributed by atoms with E-state index in [4.69, 9.17) is 0 Å². The summed E-state index contributed by atoms with van der Waals surface area (Å²) in [4.78, 5) is 14.5. The van der Waals surface area contributed by atoms with E-state index in [1.54, 1.807) is 0 Å². The molecule has 2 unspecified atom stereocenters. The summed E-state index contributed by atoms with van der Waals surface area (Å²) in [7, 11) is 4.23. The fourth-order valence-corrected chi connectivity index (χ4v) is 3.38. The van der Waals surface area contributed by atoms with Gasteiger partial charge in [0.25, 0.3) is 0 Å². The highest BCUT2D eigenvalue weighted by molar-refractivity contribution is 5.76. The highest BCUT2D eigenvalue weighted by atomic mass is 16.1. The van der Waals surface area contributed by atoms with Crippen LogP contribution in [0.25, 0.3) is 0 Å². The Labute approximate surface area is 135 Å². The molecule has 1 fully saturated rings. The van der Waals surface area contributed by atoms with Gasteiger partial charge in [-0.3, -0.25) is 4.79 Å². The molecule has 1 N–H and O–H groups in total. The molecule has 2 atom stereocenters. The summed E-state index contributed by atoms with van der Waals surface area (Å²) < 4.78 is 0. The van der Waals surface area contributed by atoms with Gasteiger partial charge in [0.1, 0.15) is 0 Å². The second-order valence-electron chi connectivity index (χ2n) is 6.97. The lowest BCUT2D eigenvalue weighted by atomic mass is 9.84. The molecule has 1 aromatic carbocycles. The Balaban J connectivity index is 1.80. The van der Waals surface area contributed by atoms with Crippen LogP contribution in [0.4, 0.5) is 0 Å². The molecule has 1 aliphatic rings. The number of nitrogens with zero attached hydrogens (tertiary/aromatic N) is 1. The molecular formula is C19H30N2O. The predicted octanol–water partition coefficient (Wildman–Crippen LogP) is 3.16. The Kier molecular flexibility index (Phi) is 6.44. The normalized spacial score (nSPS) is 21.8. The van der Waals surface area contributed by atoms with Gasteiger partial charge in [-0.15, -0.1) is 0 Å². The van der Waals surface area contributed by atoms with Crippen molar-refractivity contribution in [2.45, 2.75) is 51.5 Å². The maximum Gasteiger partial charge on any atom is 0.220 e. The van der Waals surface area contributed by atoms with Crippen LogP contribution in [0.5, 0.6) is 0 Å². The van der Waals surface area contributed by atoms with Gasteiger partial charge in [0.05, 0.1) is 0 Å². The van der Waals surface area contributed by atoms with E-state index in [2.05, 4.69) is 55.5 Å². The highest BCUT2D eigenvalue weighted by Crippen LogP contribution is 2.25. The molecule has 0 saturated heterocycles. The zero-order valence-electron chi connectivity index (χ0n) is 14.3. The molecule has 1 aromatic rings. The monoisotopic (exact) mass is 302 g/mol. The number of benzene rings is 1. The average molecular weight is 302 g/mol. The number of hydrogen-bond donors (Lipinski definition) is 1. The van der Waals surface area contributed by atoms with Crippen molar-refractivity contribution in [3.8, 4) is 0 Å².